The first-order chi connectivity index (χ1) is 8.26. The van der Waals surface area contributed by atoms with E-state index in [-0.39, 0.29) is 0 Å². The minimum atomic E-state index is 0.701. The second-order valence-electron chi connectivity index (χ2n) is 4.16. The molecule has 0 bridgehead atoms. The van der Waals surface area contributed by atoms with E-state index in [1.807, 2.05) is 6.92 Å². The van der Waals surface area contributed by atoms with Crippen LogP contribution in [0.5, 0.6) is 0 Å². The van der Waals surface area contributed by atoms with Gasteiger partial charge >= 0.3 is 0 Å². The van der Waals surface area contributed by atoms with E-state index in [9.17, 15) is 0 Å². The number of nitrogens with one attached hydrogen (secondary N) is 1. The summed E-state index contributed by atoms with van der Waals surface area (Å²) < 4.78 is 0. The number of hydrogen-bond acceptors (Lipinski definition) is 6. The Hall–Kier alpha value is -1.01. The number of rotatable bonds is 3. The lowest BCUT2D eigenvalue weighted by Gasteiger charge is -2.33. The molecule has 1 aliphatic rings. The molecular weight excluding hydrogens is 234 g/mol. The molecule has 1 aromatic rings. The van der Waals surface area contributed by atoms with Crippen molar-refractivity contribution in [3.63, 3.8) is 0 Å². The van der Waals surface area contributed by atoms with E-state index in [4.69, 9.17) is 5.84 Å². The molecule has 1 aromatic heterocycles. The average Bonchev–Trinajstić information content (AvgIpc) is 2.39. The smallest absolute Gasteiger partial charge is 0.148 e. The van der Waals surface area contributed by atoms with Crippen LogP contribution in [0.1, 0.15) is 18.9 Å². The largest absolute Gasteiger partial charge is 0.354 e. The molecule has 0 radical (unpaired) electrons. The maximum atomic E-state index is 5.44. The summed E-state index contributed by atoms with van der Waals surface area (Å²) in [5.74, 6) is 8.32. The summed E-state index contributed by atoms with van der Waals surface area (Å²) >= 11 is 2.05. The summed E-state index contributed by atoms with van der Waals surface area (Å²) in [7, 11) is 0. The molecule has 0 spiro atoms. The van der Waals surface area contributed by atoms with Crippen molar-refractivity contribution < 1.29 is 0 Å². The Labute approximate surface area is 106 Å². The maximum absolute atomic E-state index is 5.44. The third-order valence-electron chi connectivity index (χ3n) is 3.09. The Morgan fingerprint density at radius 1 is 1.59 bits per heavy atom. The van der Waals surface area contributed by atoms with E-state index in [1.165, 1.54) is 6.42 Å². The van der Waals surface area contributed by atoms with Gasteiger partial charge in [0.1, 0.15) is 18.0 Å². The Bertz CT molecular complexity index is 384. The second-order valence-corrected chi connectivity index (χ2v) is 5.57. The Balaban J connectivity index is 2.21. The molecule has 0 aliphatic carbocycles. The molecule has 6 heteroatoms. The third-order valence-corrected chi connectivity index (χ3v) is 4.46. The number of nitrogens with zero attached hydrogens (tertiary/aromatic N) is 3. The molecular formula is C11H19N5S. The van der Waals surface area contributed by atoms with Gasteiger partial charge in [0.2, 0.25) is 0 Å². The minimum Gasteiger partial charge on any atom is -0.354 e. The minimum absolute atomic E-state index is 0.701. The summed E-state index contributed by atoms with van der Waals surface area (Å²) in [5, 5.41) is 0.701. The molecule has 1 saturated heterocycles. The first-order valence-corrected chi connectivity index (χ1v) is 6.96. The van der Waals surface area contributed by atoms with Crippen LogP contribution in [-0.2, 0) is 0 Å². The van der Waals surface area contributed by atoms with Crippen molar-refractivity contribution >= 4 is 23.4 Å². The van der Waals surface area contributed by atoms with Crippen LogP contribution in [-0.4, -0.2) is 34.1 Å². The fourth-order valence-corrected chi connectivity index (χ4v) is 3.24. The van der Waals surface area contributed by atoms with Crippen molar-refractivity contribution in [1.29, 1.82) is 0 Å². The van der Waals surface area contributed by atoms with Crippen LogP contribution in [0.3, 0.4) is 0 Å². The lowest BCUT2D eigenvalue weighted by Crippen LogP contribution is -2.38. The third kappa shape index (κ3) is 2.63. The van der Waals surface area contributed by atoms with Gasteiger partial charge < -0.3 is 10.3 Å². The Morgan fingerprint density at radius 2 is 2.41 bits per heavy atom. The van der Waals surface area contributed by atoms with E-state index in [0.717, 1.165) is 30.2 Å². The van der Waals surface area contributed by atoms with Gasteiger partial charge in [-0.15, -0.1) is 0 Å². The van der Waals surface area contributed by atoms with Gasteiger partial charge in [-0.3, -0.25) is 0 Å². The van der Waals surface area contributed by atoms with Crippen molar-refractivity contribution in [2.45, 2.75) is 25.5 Å². The van der Waals surface area contributed by atoms with Crippen LogP contribution < -0.4 is 16.2 Å². The number of nitrogens with two attached hydrogens (primary N) is 1. The van der Waals surface area contributed by atoms with Crippen molar-refractivity contribution in [1.82, 2.24) is 9.97 Å². The number of aromatic nitrogens is 2. The second kappa shape index (κ2) is 5.55. The highest BCUT2D eigenvalue weighted by Gasteiger charge is 2.22. The van der Waals surface area contributed by atoms with Crippen LogP contribution in [0.4, 0.5) is 11.6 Å². The average molecular weight is 253 g/mol. The fourth-order valence-electron chi connectivity index (χ4n) is 2.06. The Morgan fingerprint density at radius 3 is 3.12 bits per heavy atom. The van der Waals surface area contributed by atoms with Gasteiger partial charge in [0, 0.05) is 29.7 Å². The highest BCUT2D eigenvalue weighted by Crippen LogP contribution is 2.28. The van der Waals surface area contributed by atoms with E-state index in [0.29, 0.717) is 11.1 Å². The molecule has 1 unspecified atom stereocenters. The van der Waals surface area contributed by atoms with Gasteiger partial charge in [-0.2, -0.15) is 11.8 Å². The lowest BCUT2D eigenvalue weighted by molar-refractivity contribution is 0.716. The highest BCUT2D eigenvalue weighted by atomic mass is 32.2. The van der Waals surface area contributed by atoms with E-state index >= 15 is 0 Å². The number of thioether (sulfide) groups is 1. The predicted octanol–water partition coefficient (Wildman–Crippen LogP) is 1.40. The summed E-state index contributed by atoms with van der Waals surface area (Å²) in [5.41, 5.74) is 3.64. The van der Waals surface area contributed by atoms with Crippen LogP contribution in [0.15, 0.2) is 6.33 Å². The number of hydrazine groups is 1. The number of hydrogen-bond donors (Lipinski definition) is 2. The van der Waals surface area contributed by atoms with Gasteiger partial charge in [0.15, 0.2) is 0 Å². The SMILES string of the molecule is CCC1CN(c2ncnc(NN)c2C)CCS1. The number of nitrogen functional groups attached to an aromatic ring is 1. The predicted molar refractivity (Wildman–Crippen MR) is 73.3 cm³/mol. The topological polar surface area (TPSA) is 67.1 Å². The zero-order valence-corrected chi connectivity index (χ0v) is 11.1. The van der Waals surface area contributed by atoms with Gasteiger partial charge in [-0.1, -0.05) is 6.92 Å². The first kappa shape index (κ1) is 12.4. The normalized spacial score (nSPS) is 20.4. The van der Waals surface area contributed by atoms with Gasteiger partial charge in [0.25, 0.3) is 0 Å². The van der Waals surface area contributed by atoms with Crippen LogP contribution >= 0.6 is 11.8 Å². The molecule has 1 fully saturated rings. The standard InChI is InChI=1S/C11H19N5S/c1-3-9-6-16(4-5-17-9)11-8(2)10(15-12)13-7-14-11/h7,9H,3-6,12H2,1-2H3,(H,13,14,15). The van der Waals surface area contributed by atoms with E-state index in [2.05, 4.69) is 39.0 Å². The van der Waals surface area contributed by atoms with Crippen molar-refractivity contribution in [3.8, 4) is 0 Å². The van der Waals surface area contributed by atoms with Gasteiger partial charge in [-0.05, 0) is 13.3 Å². The van der Waals surface area contributed by atoms with Crippen LogP contribution in [0.25, 0.3) is 0 Å². The molecule has 5 nitrogen and oxygen atoms in total. The lowest BCUT2D eigenvalue weighted by atomic mass is 10.2. The highest BCUT2D eigenvalue weighted by molar-refractivity contribution is 8.00. The molecule has 94 valence electrons. The van der Waals surface area contributed by atoms with E-state index in [1.54, 1.807) is 6.33 Å². The van der Waals surface area contributed by atoms with Gasteiger partial charge in [-0.25, -0.2) is 15.8 Å². The fraction of sp³-hybridized carbons (Fsp3) is 0.636. The molecule has 1 atom stereocenters. The van der Waals surface area contributed by atoms with Crippen molar-refractivity contribution in [2.75, 3.05) is 29.2 Å². The monoisotopic (exact) mass is 253 g/mol. The van der Waals surface area contributed by atoms with Crippen molar-refractivity contribution in [3.05, 3.63) is 11.9 Å². The molecule has 0 amide bonds. The summed E-state index contributed by atoms with van der Waals surface area (Å²) in [6.45, 7) is 6.35. The van der Waals surface area contributed by atoms with Gasteiger partial charge in [0.05, 0.1) is 0 Å². The number of anilines is 2. The summed E-state index contributed by atoms with van der Waals surface area (Å²) in [6.07, 6.45) is 2.77. The summed E-state index contributed by atoms with van der Waals surface area (Å²) in [4.78, 5) is 10.8. The van der Waals surface area contributed by atoms with Crippen LogP contribution in [0, 0.1) is 6.92 Å². The zero-order valence-electron chi connectivity index (χ0n) is 10.3. The maximum Gasteiger partial charge on any atom is 0.148 e. The molecule has 2 heterocycles. The zero-order chi connectivity index (χ0) is 12.3. The van der Waals surface area contributed by atoms with Crippen LogP contribution in [0.2, 0.25) is 0 Å². The molecule has 17 heavy (non-hydrogen) atoms. The molecule has 0 aromatic carbocycles. The quantitative estimate of drug-likeness (QED) is 0.627. The molecule has 3 N–H and O–H groups in total. The first-order valence-electron chi connectivity index (χ1n) is 5.91. The summed E-state index contributed by atoms with van der Waals surface area (Å²) in [6, 6.07) is 0. The Kier molecular flexibility index (Phi) is 4.06. The van der Waals surface area contributed by atoms with Crippen molar-refractivity contribution in [2.24, 2.45) is 5.84 Å². The molecule has 2 rings (SSSR count). The molecule has 1 aliphatic heterocycles. The molecule has 0 saturated carbocycles. The van der Waals surface area contributed by atoms with E-state index < -0.39 is 0 Å².